The molecule has 1 aromatic heterocycles. The molecule has 0 aliphatic heterocycles. The first-order chi connectivity index (χ1) is 9.04. The van der Waals surface area contributed by atoms with Crippen LogP contribution in [0.5, 0.6) is 0 Å². The second kappa shape index (κ2) is 7.47. The fourth-order valence-electron chi connectivity index (χ4n) is 1.49. The van der Waals surface area contributed by atoms with Crippen molar-refractivity contribution < 1.29 is 19.4 Å². The van der Waals surface area contributed by atoms with Crippen molar-refractivity contribution in [3.05, 3.63) is 11.4 Å². The van der Waals surface area contributed by atoms with Gasteiger partial charge in [-0.15, -0.1) is 5.10 Å². The number of amides is 1. The topological polar surface area (TPSA) is 106 Å². The first-order valence-corrected chi connectivity index (χ1v) is 5.91. The van der Waals surface area contributed by atoms with Crippen LogP contribution in [0.25, 0.3) is 0 Å². The van der Waals surface area contributed by atoms with Crippen LogP contribution in [0, 0.1) is 6.92 Å². The summed E-state index contributed by atoms with van der Waals surface area (Å²) in [7, 11) is 1.56. The summed E-state index contributed by atoms with van der Waals surface area (Å²) in [5, 5.41) is 19.0. The summed E-state index contributed by atoms with van der Waals surface area (Å²) in [5.41, 5.74) is 1.32. The van der Waals surface area contributed by atoms with Crippen LogP contribution in [0.1, 0.15) is 17.8 Å². The first kappa shape index (κ1) is 15.1. The Hall–Kier alpha value is -1.96. The van der Waals surface area contributed by atoms with E-state index in [0.29, 0.717) is 31.0 Å². The molecule has 0 saturated carbocycles. The van der Waals surface area contributed by atoms with Gasteiger partial charge in [0.1, 0.15) is 6.54 Å². The smallest absolute Gasteiger partial charge is 0.303 e. The van der Waals surface area contributed by atoms with E-state index in [1.807, 2.05) is 0 Å². The second-order valence-corrected chi connectivity index (χ2v) is 4.02. The molecule has 8 nitrogen and oxygen atoms in total. The highest BCUT2D eigenvalue weighted by atomic mass is 16.5. The van der Waals surface area contributed by atoms with Gasteiger partial charge in [0.2, 0.25) is 5.91 Å². The lowest BCUT2D eigenvalue weighted by atomic mass is 10.2. The fraction of sp³-hybridized carbons (Fsp3) is 0.636. The van der Waals surface area contributed by atoms with Crippen molar-refractivity contribution in [1.29, 1.82) is 0 Å². The maximum atomic E-state index is 11.6. The monoisotopic (exact) mass is 270 g/mol. The summed E-state index contributed by atoms with van der Waals surface area (Å²) in [6.07, 6.45) is 0.312. The molecule has 0 fully saturated rings. The molecular weight excluding hydrogens is 252 g/mol. The number of rotatable bonds is 8. The van der Waals surface area contributed by atoms with Gasteiger partial charge < -0.3 is 15.2 Å². The van der Waals surface area contributed by atoms with Crippen LogP contribution in [0.4, 0.5) is 0 Å². The first-order valence-electron chi connectivity index (χ1n) is 5.91. The Balaban J connectivity index is 2.50. The van der Waals surface area contributed by atoms with Crippen LogP contribution in [0.15, 0.2) is 0 Å². The van der Waals surface area contributed by atoms with Crippen LogP contribution in [-0.2, 0) is 27.3 Å². The number of carboxylic acids is 1. The van der Waals surface area contributed by atoms with E-state index in [4.69, 9.17) is 9.84 Å². The lowest BCUT2D eigenvalue weighted by molar-refractivity contribution is -0.137. The Morgan fingerprint density at radius 3 is 2.84 bits per heavy atom. The molecule has 0 saturated heterocycles. The van der Waals surface area contributed by atoms with Crippen molar-refractivity contribution in [2.75, 3.05) is 20.3 Å². The van der Waals surface area contributed by atoms with Crippen LogP contribution in [-0.4, -0.2) is 52.2 Å². The lowest BCUT2D eigenvalue weighted by Crippen LogP contribution is -2.31. The molecule has 0 radical (unpaired) electrons. The number of aliphatic carboxylic acids is 1. The molecule has 106 valence electrons. The molecule has 8 heteroatoms. The van der Waals surface area contributed by atoms with Gasteiger partial charge in [0.15, 0.2) is 0 Å². The zero-order chi connectivity index (χ0) is 14.3. The number of carboxylic acid groups (broad SMARTS) is 1. The Bertz CT molecular complexity index is 444. The van der Waals surface area contributed by atoms with E-state index in [2.05, 4.69) is 15.6 Å². The molecule has 0 spiro atoms. The number of hydrogen-bond acceptors (Lipinski definition) is 5. The Morgan fingerprint density at radius 2 is 2.21 bits per heavy atom. The van der Waals surface area contributed by atoms with Gasteiger partial charge in [0.25, 0.3) is 0 Å². The fourth-order valence-corrected chi connectivity index (χ4v) is 1.49. The minimum atomic E-state index is -0.883. The van der Waals surface area contributed by atoms with Crippen LogP contribution < -0.4 is 5.32 Å². The molecule has 1 rings (SSSR count). The van der Waals surface area contributed by atoms with Crippen LogP contribution in [0.2, 0.25) is 0 Å². The predicted octanol–water partition coefficient (Wildman–Crippen LogP) is -0.634. The summed E-state index contributed by atoms with van der Waals surface area (Å²) in [6.45, 7) is 2.72. The molecule has 1 amide bonds. The highest BCUT2D eigenvalue weighted by Crippen LogP contribution is 2.06. The van der Waals surface area contributed by atoms with Crippen LogP contribution >= 0.6 is 0 Å². The highest BCUT2D eigenvalue weighted by Gasteiger charge is 2.12. The van der Waals surface area contributed by atoms with Gasteiger partial charge in [-0.2, -0.15) is 0 Å². The number of aryl methyl sites for hydroxylation is 1. The average molecular weight is 270 g/mol. The van der Waals surface area contributed by atoms with E-state index in [9.17, 15) is 9.59 Å². The number of carbonyl (C=O) groups excluding carboxylic acids is 1. The van der Waals surface area contributed by atoms with Crippen molar-refractivity contribution in [3.63, 3.8) is 0 Å². The van der Waals surface area contributed by atoms with Gasteiger partial charge in [0.05, 0.1) is 24.4 Å². The maximum absolute atomic E-state index is 11.6. The number of hydrogen-bond donors (Lipinski definition) is 2. The molecule has 0 bridgehead atoms. The van der Waals surface area contributed by atoms with E-state index in [1.165, 1.54) is 4.68 Å². The molecule has 0 aromatic carbocycles. The quantitative estimate of drug-likeness (QED) is 0.609. The summed E-state index contributed by atoms with van der Waals surface area (Å²) < 4.78 is 6.28. The van der Waals surface area contributed by atoms with Crippen molar-refractivity contribution in [3.8, 4) is 0 Å². The normalized spacial score (nSPS) is 10.4. The number of carbonyl (C=O) groups is 2. The minimum absolute atomic E-state index is 0.000428. The lowest BCUT2D eigenvalue weighted by Gasteiger charge is -2.05. The van der Waals surface area contributed by atoms with Crippen molar-refractivity contribution >= 4 is 11.9 Å². The van der Waals surface area contributed by atoms with Gasteiger partial charge in [-0.1, -0.05) is 5.21 Å². The average Bonchev–Trinajstić information content (AvgIpc) is 2.69. The van der Waals surface area contributed by atoms with Gasteiger partial charge in [-0.3, -0.25) is 9.59 Å². The van der Waals surface area contributed by atoms with E-state index in [0.717, 1.165) is 0 Å². The third kappa shape index (κ3) is 5.04. The third-order valence-corrected chi connectivity index (χ3v) is 2.58. The maximum Gasteiger partial charge on any atom is 0.303 e. The van der Waals surface area contributed by atoms with Crippen LogP contribution in [0.3, 0.4) is 0 Å². The summed E-state index contributed by atoms with van der Waals surface area (Å²) in [6, 6.07) is 0. The van der Waals surface area contributed by atoms with Crippen molar-refractivity contribution in [2.24, 2.45) is 0 Å². The molecule has 1 aromatic rings. The Labute approximate surface area is 110 Å². The SMILES string of the molecule is COCCNC(=O)Cn1nnc(CCC(=O)O)c1C. The van der Waals surface area contributed by atoms with E-state index < -0.39 is 5.97 Å². The number of ether oxygens (including phenoxy) is 1. The largest absolute Gasteiger partial charge is 0.481 e. The van der Waals surface area contributed by atoms with Gasteiger partial charge in [-0.25, -0.2) is 4.68 Å². The molecule has 0 atom stereocenters. The van der Waals surface area contributed by atoms with Gasteiger partial charge in [-0.05, 0) is 6.92 Å². The summed E-state index contributed by atoms with van der Waals surface area (Å²) in [5.74, 6) is -1.07. The molecular formula is C11H18N4O4. The second-order valence-electron chi connectivity index (χ2n) is 4.02. The Kier molecular flexibility index (Phi) is 5.94. The zero-order valence-corrected chi connectivity index (χ0v) is 11.0. The standard InChI is InChI=1S/C11H18N4O4/c1-8-9(3-4-11(17)18)13-14-15(8)7-10(16)12-5-6-19-2/h3-7H2,1-2H3,(H,12,16)(H,17,18). The summed E-state index contributed by atoms with van der Waals surface area (Å²) >= 11 is 0. The third-order valence-electron chi connectivity index (χ3n) is 2.58. The molecule has 0 aliphatic rings. The molecule has 0 unspecified atom stereocenters. The Morgan fingerprint density at radius 1 is 1.47 bits per heavy atom. The van der Waals surface area contributed by atoms with Crippen molar-refractivity contribution in [1.82, 2.24) is 20.3 Å². The number of nitrogens with zero attached hydrogens (tertiary/aromatic N) is 3. The number of aromatic nitrogens is 3. The molecule has 19 heavy (non-hydrogen) atoms. The molecule has 1 heterocycles. The van der Waals surface area contributed by atoms with E-state index >= 15 is 0 Å². The zero-order valence-electron chi connectivity index (χ0n) is 11.0. The highest BCUT2D eigenvalue weighted by molar-refractivity contribution is 5.75. The number of methoxy groups -OCH3 is 1. The van der Waals surface area contributed by atoms with Gasteiger partial charge in [0, 0.05) is 20.1 Å². The molecule has 2 N–H and O–H groups in total. The predicted molar refractivity (Wildman–Crippen MR) is 65.6 cm³/mol. The number of nitrogens with one attached hydrogen (secondary N) is 1. The van der Waals surface area contributed by atoms with E-state index in [1.54, 1.807) is 14.0 Å². The van der Waals surface area contributed by atoms with Gasteiger partial charge >= 0.3 is 5.97 Å². The van der Waals surface area contributed by atoms with E-state index in [-0.39, 0.29) is 18.9 Å². The molecule has 0 aliphatic carbocycles. The minimum Gasteiger partial charge on any atom is -0.481 e. The van der Waals surface area contributed by atoms with Crippen molar-refractivity contribution in [2.45, 2.75) is 26.3 Å². The summed E-state index contributed by atoms with van der Waals surface area (Å²) in [4.78, 5) is 22.0.